The molecule has 26 heavy (non-hydrogen) atoms. The first-order chi connectivity index (χ1) is 12.4. The van der Waals surface area contributed by atoms with Crippen LogP contribution in [0.3, 0.4) is 0 Å². The van der Waals surface area contributed by atoms with Crippen LogP contribution in [0, 0.1) is 0 Å². The largest absolute Gasteiger partial charge is 0.459 e. The van der Waals surface area contributed by atoms with Crippen molar-refractivity contribution >= 4 is 29.5 Å². The van der Waals surface area contributed by atoms with Crippen molar-refractivity contribution in [3.05, 3.63) is 54.0 Å². The topological polar surface area (TPSA) is 127 Å². The number of urea groups is 1. The number of esters is 1. The number of hydrogen-bond donors (Lipinski definition) is 3. The average molecular weight is 359 g/mol. The minimum atomic E-state index is -1.21. The van der Waals surface area contributed by atoms with Gasteiger partial charge in [0.1, 0.15) is 0 Å². The summed E-state index contributed by atoms with van der Waals surface area (Å²) >= 11 is 0. The van der Waals surface area contributed by atoms with E-state index >= 15 is 0 Å². The lowest BCUT2D eigenvalue weighted by atomic mass is 10.1. The lowest BCUT2D eigenvalue weighted by molar-refractivity contribution is -0.127. The van der Waals surface area contributed by atoms with Gasteiger partial charge in [-0.05, 0) is 31.2 Å². The Hall–Kier alpha value is -3.62. The molecule has 0 spiro atoms. The molecule has 9 nitrogen and oxygen atoms in total. The molecular weight excluding hydrogens is 342 g/mol. The summed E-state index contributed by atoms with van der Waals surface area (Å²) in [5.74, 6) is -2.08. The summed E-state index contributed by atoms with van der Waals surface area (Å²) in [5, 5.41) is 6.75. The Kier molecular flexibility index (Phi) is 6.10. The Morgan fingerprint density at radius 3 is 2.46 bits per heavy atom. The van der Waals surface area contributed by atoms with E-state index in [4.69, 9.17) is 9.15 Å². The van der Waals surface area contributed by atoms with E-state index in [-0.39, 0.29) is 17.0 Å². The van der Waals surface area contributed by atoms with Crippen LogP contribution >= 0.6 is 0 Å². The Morgan fingerprint density at radius 1 is 1.08 bits per heavy atom. The van der Waals surface area contributed by atoms with Gasteiger partial charge in [-0.3, -0.25) is 14.9 Å². The third kappa shape index (κ3) is 4.69. The van der Waals surface area contributed by atoms with Crippen LogP contribution in [-0.2, 0) is 9.53 Å². The molecule has 0 unspecified atom stereocenters. The van der Waals surface area contributed by atoms with Crippen LogP contribution in [0.4, 0.5) is 10.5 Å². The van der Waals surface area contributed by atoms with Crippen LogP contribution in [0.5, 0.6) is 0 Å². The molecule has 2 rings (SSSR count). The number of anilines is 1. The molecule has 1 aromatic heterocycles. The van der Waals surface area contributed by atoms with Crippen LogP contribution < -0.4 is 16.0 Å². The van der Waals surface area contributed by atoms with Crippen molar-refractivity contribution in [2.45, 2.75) is 13.0 Å². The van der Waals surface area contributed by atoms with Crippen molar-refractivity contribution in [1.82, 2.24) is 10.6 Å². The maximum absolute atomic E-state index is 12.3. The second-order valence-electron chi connectivity index (χ2n) is 5.09. The number of carbonyl (C=O) groups excluding carboxylic acids is 4. The minimum Gasteiger partial charge on any atom is -0.459 e. The summed E-state index contributed by atoms with van der Waals surface area (Å²) < 4.78 is 10.0. The summed E-state index contributed by atoms with van der Waals surface area (Å²) in [6.45, 7) is 1.32. The number of nitrogens with one attached hydrogen (secondary N) is 3. The summed E-state index contributed by atoms with van der Waals surface area (Å²) in [4.78, 5) is 47.3. The van der Waals surface area contributed by atoms with E-state index < -0.39 is 29.9 Å². The van der Waals surface area contributed by atoms with Crippen molar-refractivity contribution in [1.29, 1.82) is 0 Å². The quantitative estimate of drug-likeness (QED) is 0.695. The molecule has 4 amide bonds. The highest BCUT2D eigenvalue weighted by molar-refractivity contribution is 6.07. The predicted molar refractivity (Wildman–Crippen MR) is 90.6 cm³/mol. The molecule has 3 N–H and O–H groups in total. The molecule has 0 aliphatic rings. The van der Waals surface area contributed by atoms with Gasteiger partial charge < -0.3 is 19.8 Å². The Bertz CT molecular complexity index is 816. The zero-order valence-electron chi connectivity index (χ0n) is 14.1. The first kappa shape index (κ1) is 18.7. The molecule has 1 aromatic carbocycles. The molecule has 1 heterocycles. The number of furan rings is 1. The molecule has 1 atom stereocenters. The second kappa shape index (κ2) is 8.47. The number of para-hydroxylation sites is 1. The number of amides is 4. The van der Waals surface area contributed by atoms with Crippen LogP contribution in [0.25, 0.3) is 0 Å². The average Bonchev–Trinajstić information content (AvgIpc) is 3.16. The van der Waals surface area contributed by atoms with E-state index in [1.165, 1.54) is 38.4 Å². The van der Waals surface area contributed by atoms with E-state index in [1.54, 1.807) is 18.2 Å². The molecule has 136 valence electrons. The highest BCUT2D eigenvalue weighted by atomic mass is 16.5. The number of imide groups is 1. The van der Waals surface area contributed by atoms with Gasteiger partial charge in [0.15, 0.2) is 11.9 Å². The van der Waals surface area contributed by atoms with Crippen molar-refractivity contribution < 1.29 is 28.3 Å². The van der Waals surface area contributed by atoms with Crippen molar-refractivity contribution in [2.75, 3.05) is 12.4 Å². The fourth-order valence-electron chi connectivity index (χ4n) is 1.92. The van der Waals surface area contributed by atoms with Gasteiger partial charge in [-0.15, -0.1) is 0 Å². The summed E-state index contributed by atoms with van der Waals surface area (Å²) in [5.41, 5.74) is 0.241. The minimum absolute atomic E-state index is 0.0481. The zero-order valence-corrected chi connectivity index (χ0v) is 14.1. The van der Waals surface area contributed by atoms with Crippen LogP contribution in [0.15, 0.2) is 47.1 Å². The number of rotatable bonds is 5. The maximum Gasteiger partial charge on any atom is 0.341 e. The molecule has 2 aromatic rings. The fraction of sp³-hybridized carbons (Fsp3) is 0.176. The van der Waals surface area contributed by atoms with Crippen molar-refractivity contribution in [2.24, 2.45) is 0 Å². The molecule has 9 heteroatoms. The van der Waals surface area contributed by atoms with Gasteiger partial charge in [0.2, 0.25) is 0 Å². The predicted octanol–water partition coefficient (Wildman–Crippen LogP) is 1.53. The Balaban J connectivity index is 2.08. The summed E-state index contributed by atoms with van der Waals surface area (Å²) in [7, 11) is 1.34. The van der Waals surface area contributed by atoms with Gasteiger partial charge in [0.25, 0.3) is 11.8 Å². The van der Waals surface area contributed by atoms with Gasteiger partial charge in [-0.25, -0.2) is 9.59 Å². The molecule has 0 aliphatic heterocycles. The van der Waals surface area contributed by atoms with Gasteiger partial charge in [0, 0.05) is 7.05 Å². The van der Waals surface area contributed by atoms with Gasteiger partial charge in [-0.1, -0.05) is 12.1 Å². The first-order valence-electron chi connectivity index (χ1n) is 7.59. The molecule has 0 saturated heterocycles. The third-order valence-corrected chi connectivity index (χ3v) is 3.26. The van der Waals surface area contributed by atoms with E-state index in [1.807, 2.05) is 5.32 Å². The van der Waals surface area contributed by atoms with Gasteiger partial charge in [-0.2, -0.15) is 0 Å². The molecule has 0 bridgehead atoms. The number of hydrogen-bond acceptors (Lipinski definition) is 6. The molecule has 0 radical (unpaired) electrons. The second-order valence-corrected chi connectivity index (χ2v) is 5.09. The van der Waals surface area contributed by atoms with Crippen molar-refractivity contribution in [3.63, 3.8) is 0 Å². The van der Waals surface area contributed by atoms with E-state index in [0.29, 0.717) is 0 Å². The van der Waals surface area contributed by atoms with Crippen molar-refractivity contribution in [3.8, 4) is 0 Å². The van der Waals surface area contributed by atoms with E-state index in [0.717, 1.165) is 0 Å². The lowest BCUT2D eigenvalue weighted by Gasteiger charge is -2.14. The lowest BCUT2D eigenvalue weighted by Crippen LogP contribution is -2.43. The molecule has 0 aliphatic carbocycles. The molecule has 0 saturated carbocycles. The highest BCUT2D eigenvalue weighted by Gasteiger charge is 2.22. The van der Waals surface area contributed by atoms with Crippen LogP contribution in [-0.4, -0.2) is 37.0 Å². The SMILES string of the molecule is CNC(=O)NC(=O)[C@@H](C)OC(=O)c1ccccc1NC(=O)c1ccco1. The Morgan fingerprint density at radius 2 is 1.81 bits per heavy atom. The first-order valence-corrected chi connectivity index (χ1v) is 7.59. The smallest absolute Gasteiger partial charge is 0.341 e. The zero-order chi connectivity index (χ0) is 19.1. The van der Waals surface area contributed by atoms with E-state index in [2.05, 4.69) is 10.6 Å². The normalized spacial score (nSPS) is 11.2. The maximum atomic E-state index is 12.3. The van der Waals surface area contributed by atoms with Gasteiger partial charge >= 0.3 is 12.0 Å². The monoisotopic (exact) mass is 359 g/mol. The number of ether oxygens (including phenoxy) is 1. The number of benzene rings is 1. The van der Waals surface area contributed by atoms with Crippen LogP contribution in [0.1, 0.15) is 27.8 Å². The highest BCUT2D eigenvalue weighted by Crippen LogP contribution is 2.18. The van der Waals surface area contributed by atoms with Gasteiger partial charge in [0.05, 0.1) is 17.5 Å². The molecular formula is C17H17N3O6. The summed E-state index contributed by atoms with van der Waals surface area (Å²) in [6.07, 6.45) is 0.135. The fourth-order valence-corrected chi connectivity index (χ4v) is 1.92. The standard InChI is InChI=1S/C17H17N3O6/c1-10(14(21)20-17(24)18-2)26-16(23)11-6-3-4-7-12(11)19-15(22)13-8-5-9-25-13/h3-10H,1-2H3,(H,19,22)(H2,18,20,21,24)/t10-/m1/s1. The molecule has 0 fully saturated rings. The Labute approximate surface area is 148 Å². The van der Waals surface area contributed by atoms with E-state index in [9.17, 15) is 19.2 Å². The number of carbonyl (C=O) groups is 4. The summed E-state index contributed by atoms with van der Waals surface area (Å²) in [6, 6.07) is 8.45. The third-order valence-electron chi connectivity index (χ3n) is 3.26. The van der Waals surface area contributed by atoms with Crippen LogP contribution in [0.2, 0.25) is 0 Å².